The molecule has 0 spiro atoms. The van der Waals surface area contributed by atoms with Gasteiger partial charge < -0.3 is 15.4 Å². The van der Waals surface area contributed by atoms with Gasteiger partial charge in [0.2, 0.25) is 5.95 Å². The maximum Gasteiger partial charge on any atom is 0.573 e. The summed E-state index contributed by atoms with van der Waals surface area (Å²) < 4.78 is 41.0. The number of aromatic nitrogens is 4. The summed E-state index contributed by atoms with van der Waals surface area (Å²) in [4.78, 5) is 9.08. The van der Waals surface area contributed by atoms with Gasteiger partial charge in [0.25, 0.3) is 0 Å². The number of halogens is 3. The van der Waals surface area contributed by atoms with Crippen LogP contribution < -0.4 is 15.4 Å². The van der Waals surface area contributed by atoms with Crippen molar-refractivity contribution in [3.8, 4) is 5.75 Å². The van der Waals surface area contributed by atoms with Gasteiger partial charge >= 0.3 is 6.36 Å². The molecule has 0 amide bonds. The zero-order valence-electron chi connectivity index (χ0n) is 16.3. The summed E-state index contributed by atoms with van der Waals surface area (Å²) in [6, 6.07) is 18.6. The second-order valence-corrected chi connectivity index (χ2v) is 6.91. The van der Waals surface area contributed by atoms with E-state index in [0.29, 0.717) is 23.0 Å². The number of hydrogen-bond donors (Lipinski definition) is 3. The molecule has 0 aliphatic carbocycles. The van der Waals surface area contributed by atoms with Gasteiger partial charge in [-0.15, -0.1) is 13.2 Å². The number of fused-ring (bicyclic) bond motifs is 2. The smallest absolute Gasteiger partial charge is 0.406 e. The van der Waals surface area contributed by atoms with Crippen molar-refractivity contribution in [3.63, 3.8) is 0 Å². The number of benzene rings is 3. The van der Waals surface area contributed by atoms with Crippen molar-refractivity contribution in [2.45, 2.75) is 6.36 Å². The van der Waals surface area contributed by atoms with E-state index in [4.69, 9.17) is 0 Å². The Labute approximate surface area is 179 Å². The predicted molar refractivity (Wildman–Crippen MR) is 115 cm³/mol. The number of aromatic amines is 1. The van der Waals surface area contributed by atoms with Gasteiger partial charge in [-0.2, -0.15) is 10.1 Å². The number of nitrogens with zero attached hydrogens (tertiary/aromatic N) is 3. The monoisotopic (exact) mass is 436 g/mol. The second kappa shape index (κ2) is 7.73. The van der Waals surface area contributed by atoms with Crippen molar-refractivity contribution in [2.75, 3.05) is 10.6 Å². The van der Waals surface area contributed by atoms with Crippen molar-refractivity contribution < 1.29 is 17.9 Å². The minimum Gasteiger partial charge on any atom is -0.406 e. The largest absolute Gasteiger partial charge is 0.573 e. The Hall–Kier alpha value is -4.34. The van der Waals surface area contributed by atoms with Crippen molar-refractivity contribution >= 4 is 44.9 Å². The Kier molecular flexibility index (Phi) is 4.74. The fourth-order valence-corrected chi connectivity index (χ4v) is 3.25. The molecule has 32 heavy (non-hydrogen) atoms. The van der Waals surface area contributed by atoms with Crippen molar-refractivity contribution in [1.29, 1.82) is 0 Å². The number of alkyl halides is 3. The van der Waals surface area contributed by atoms with Gasteiger partial charge in [0, 0.05) is 22.1 Å². The first-order chi connectivity index (χ1) is 15.4. The highest BCUT2D eigenvalue weighted by Gasteiger charge is 2.30. The molecule has 0 aliphatic heterocycles. The van der Waals surface area contributed by atoms with E-state index in [2.05, 4.69) is 35.5 Å². The molecule has 0 unspecified atom stereocenters. The number of rotatable bonds is 5. The molecule has 0 saturated carbocycles. The molecule has 10 heteroatoms. The maximum atomic E-state index is 12.4. The lowest BCUT2D eigenvalue weighted by molar-refractivity contribution is -0.274. The van der Waals surface area contributed by atoms with Crippen LogP contribution in [0.25, 0.3) is 21.8 Å². The van der Waals surface area contributed by atoms with Crippen LogP contribution in [0.4, 0.5) is 36.3 Å². The summed E-state index contributed by atoms with van der Waals surface area (Å²) in [5.74, 6) is 0.567. The molecular weight excluding hydrogens is 421 g/mol. The highest BCUT2D eigenvalue weighted by Crippen LogP contribution is 2.29. The number of para-hydroxylation sites is 1. The number of hydrogen-bond acceptors (Lipinski definition) is 6. The van der Waals surface area contributed by atoms with Gasteiger partial charge in [0.05, 0.1) is 17.2 Å². The van der Waals surface area contributed by atoms with Gasteiger partial charge in [-0.1, -0.05) is 12.1 Å². The first-order valence-corrected chi connectivity index (χ1v) is 9.53. The van der Waals surface area contributed by atoms with E-state index < -0.39 is 6.36 Å². The number of nitrogens with one attached hydrogen (secondary N) is 3. The van der Waals surface area contributed by atoms with E-state index >= 15 is 0 Å². The quantitative estimate of drug-likeness (QED) is 0.318. The van der Waals surface area contributed by atoms with Crippen LogP contribution in [0.3, 0.4) is 0 Å². The van der Waals surface area contributed by atoms with E-state index in [-0.39, 0.29) is 5.75 Å². The zero-order valence-corrected chi connectivity index (χ0v) is 16.3. The topological polar surface area (TPSA) is 87.8 Å². The Bertz CT molecular complexity index is 1400. The molecule has 0 aliphatic rings. The summed E-state index contributed by atoms with van der Waals surface area (Å²) in [5, 5.41) is 15.0. The van der Waals surface area contributed by atoms with Crippen molar-refractivity contribution in [3.05, 3.63) is 72.9 Å². The minimum absolute atomic E-state index is 0.292. The summed E-state index contributed by atoms with van der Waals surface area (Å²) in [6.45, 7) is 0. The first kappa shape index (κ1) is 19.6. The Morgan fingerprint density at radius 2 is 1.62 bits per heavy atom. The molecule has 3 aromatic carbocycles. The normalized spacial score (nSPS) is 11.6. The third kappa shape index (κ3) is 4.24. The molecule has 0 fully saturated rings. The Morgan fingerprint density at radius 3 is 2.44 bits per heavy atom. The van der Waals surface area contributed by atoms with Crippen LogP contribution in [0.5, 0.6) is 5.75 Å². The number of H-pyrrole nitrogens is 1. The number of ether oxygens (including phenoxy) is 1. The van der Waals surface area contributed by atoms with Crippen LogP contribution >= 0.6 is 0 Å². The molecule has 2 aromatic heterocycles. The lowest BCUT2D eigenvalue weighted by atomic mass is 10.2. The van der Waals surface area contributed by atoms with Crippen LogP contribution in [0, 0.1) is 0 Å². The molecule has 0 saturated heterocycles. The van der Waals surface area contributed by atoms with Crippen LogP contribution in [0.2, 0.25) is 0 Å². The molecule has 5 aromatic rings. The van der Waals surface area contributed by atoms with Gasteiger partial charge in [-0.05, 0) is 54.6 Å². The predicted octanol–water partition coefficient (Wildman–Crippen LogP) is 5.89. The van der Waals surface area contributed by atoms with E-state index in [1.807, 2.05) is 42.5 Å². The molecule has 3 N–H and O–H groups in total. The third-order valence-corrected chi connectivity index (χ3v) is 4.65. The Balaban J connectivity index is 1.45. The molecular formula is C22H15F3N6O. The first-order valence-electron chi connectivity index (χ1n) is 9.53. The average molecular weight is 436 g/mol. The van der Waals surface area contributed by atoms with Gasteiger partial charge in [0.1, 0.15) is 11.6 Å². The van der Waals surface area contributed by atoms with Crippen LogP contribution in [0.15, 0.2) is 72.9 Å². The molecule has 0 radical (unpaired) electrons. The van der Waals surface area contributed by atoms with E-state index in [1.54, 1.807) is 6.20 Å². The van der Waals surface area contributed by atoms with Crippen molar-refractivity contribution in [1.82, 2.24) is 20.2 Å². The SMILES string of the molecule is FC(F)(F)Oc1ccc(Nc2nc(Nc3ccc4[nH]ncc4c3)c3ccccc3n2)cc1. The maximum absolute atomic E-state index is 12.4. The highest BCUT2D eigenvalue weighted by atomic mass is 19.4. The van der Waals surface area contributed by atoms with Crippen LogP contribution in [0.1, 0.15) is 0 Å². The van der Waals surface area contributed by atoms with E-state index in [1.165, 1.54) is 24.3 Å². The van der Waals surface area contributed by atoms with E-state index in [0.717, 1.165) is 22.0 Å². The zero-order chi connectivity index (χ0) is 22.1. The summed E-state index contributed by atoms with van der Waals surface area (Å²) in [5.41, 5.74) is 2.96. The molecule has 7 nitrogen and oxygen atoms in total. The van der Waals surface area contributed by atoms with Crippen LogP contribution in [-0.4, -0.2) is 26.5 Å². The molecule has 0 bridgehead atoms. The lowest BCUT2D eigenvalue weighted by Gasteiger charge is -2.13. The molecule has 0 atom stereocenters. The van der Waals surface area contributed by atoms with Gasteiger partial charge in [-0.25, -0.2) is 4.98 Å². The minimum atomic E-state index is -4.74. The second-order valence-electron chi connectivity index (χ2n) is 6.91. The van der Waals surface area contributed by atoms with Gasteiger partial charge in [0.15, 0.2) is 0 Å². The molecule has 160 valence electrons. The fourth-order valence-electron chi connectivity index (χ4n) is 3.25. The average Bonchev–Trinajstić information content (AvgIpc) is 3.22. The summed E-state index contributed by atoms with van der Waals surface area (Å²) in [6.07, 6.45) is -3.01. The third-order valence-electron chi connectivity index (χ3n) is 4.65. The van der Waals surface area contributed by atoms with Crippen molar-refractivity contribution in [2.24, 2.45) is 0 Å². The number of anilines is 4. The van der Waals surface area contributed by atoms with Crippen LogP contribution in [-0.2, 0) is 0 Å². The Morgan fingerprint density at radius 1 is 0.844 bits per heavy atom. The lowest BCUT2D eigenvalue weighted by Crippen LogP contribution is -2.17. The van der Waals surface area contributed by atoms with Gasteiger partial charge in [-0.3, -0.25) is 5.10 Å². The fraction of sp³-hybridized carbons (Fsp3) is 0.0455. The molecule has 5 rings (SSSR count). The van der Waals surface area contributed by atoms with E-state index in [9.17, 15) is 13.2 Å². The summed E-state index contributed by atoms with van der Waals surface area (Å²) >= 11 is 0. The molecule has 2 heterocycles. The standard InChI is InChI=1S/C22H15F3N6O/c23-22(24,25)32-16-8-5-14(6-9-16)28-21-29-19-4-2-1-3-17(19)20(30-21)27-15-7-10-18-13(11-15)12-26-31-18/h1-12H,(H,26,31)(H2,27,28,29,30). The highest BCUT2D eigenvalue weighted by molar-refractivity contribution is 5.93. The summed E-state index contributed by atoms with van der Waals surface area (Å²) in [7, 11) is 0.